The highest BCUT2D eigenvalue weighted by Gasteiger charge is 2.10. The Labute approximate surface area is 131 Å². The minimum absolute atomic E-state index is 0.0477. The van der Waals surface area contributed by atoms with Crippen molar-refractivity contribution in [2.75, 3.05) is 0 Å². The number of halogens is 1. The maximum absolute atomic E-state index is 13.5. The number of fused-ring (bicyclic) bond motifs is 1. The van der Waals surface area contributed by atoms with Crippen LogP contribution in [-0.4, -0.2) is 16.1 Å². The van der Waals surface area contributed by atoms with Crippen LogP contribution in [0.2, 0.25) is 0 Å². The molecule has 1 heterocycles. The number of nitrogens with zero attached hydrogens (tertiary/aromatic N) is 1. The Bertz CT molecular complexity index is 921. The topological polar surface area (TPSA) is 74.8 Å². The van der Waals surface area contributed by atoms with E-state index in [9.17, 15) is 14.0 Å². The van der Waals surface area contributed by atoms with Crippen molar-refractivity contribution < 1.29 is 9.18 Å². The summed E-state index contributed by atoms with van der Waals surface area (Å²) in [4.78, 5) is 23.7. The number of carbonyl (C=O) groups is 1. The Kier molecular flexibility index (Phi) is 4.14. The van der Waals surface area contributed by atoms with Gasteiger partial charge in [-0.25, -0.2) is 9.49 Å². The molecule has 1 aromatic heterocycles. The van der Waals surface area contributed by atoms with Gasteiger partial charge >= 0.3 is 0 Å². The van der Waals surface area contributed by atoms with Gasteiger partial charge in [-0.15, -0.1) is 0 Å². The van der Waals surface area contributed by atoms with Gasteiger partial charge in [0.25, 0.3) is 5.56 Å². The van der Waals surface area contributed by atoms with Gasteiger partial charge in [0.2, 0.25) is 5.91 Å². The third kappa shape index (κ3) is 3.26. The summed E-state index contributed by atoms with van der Waals surface area (Å²) < 4.78 is 13.5. The van der Waals surface area contributed by atoms with Crippen molar-refractivity contribution in [3.05, 3.63) is 76.0 Å². The monoisotopic (exact) mass is 311 g/mol. The molecule has 0 unspecified atom stereocenters. The molecule has 0 saturated carbocycles. The Morgan fingerprint density at radius 2 is 1.78 bits per heavy atom. The highest BCUT2D eigenvalue weighted by Crippen LogP contribution is 2.12. The molecule has 0 atom stereocenters. The first-order valence-electron chi connectivity index (χ1n) is 7.11. The molecule has 0 aliphatic rings. The zero-order valence-corrected chi connectivity index (χ0v) is 12.2. The van der Waals surface area contributed by atoms with Crippen LogP contribution in [-0.2, 0) is 17.8 Å². The molecule has 0 aliphatic carbocycles. The molecule has 0 bridgehead atoms. The normalized spacial score (nSPS) is 10.7. The lowest BCUT2D eigenvalue weighted by molar-refractivity contribution is -0.120. The summed E-state index contributed by atoms with van der Waals surface area (Å²) in [5.41, 5.74) is 0.619. The number of H-pyrrole nitrogens is 1. The molecule has 5 nitrogen and oxygen atoms in total. The molecule has 3 rings (SSSR count). The van der Waals surface area contributed by atoms with E-state index in [2.05, 4.69) is 15.5 Å². The number of carbonyl (C=O) groups excluding carboxylic acids is 1. The predicted octanol–water partition coefficient (Wildman–Crippen LogP) is 1.92. The van der Waals surface area contributed by atoms with Crippen LogP contribution in [0.5, 0.6) is 0 Å². The van der Waals surface area contributed by atoms with Crippen LogP contribution in [0.25, 0.3) is 10.8 Å². The van der Waals surface area contributed by atoms with Crippen molar-refractivity contribution >= 4 is 16.7 Å². The van der Waals surface area contributed by atoms with Crippen LogP contribution in [0.1, 0.15) is 11.3 Å². The van der Waals surface area contributed by atoms with Crippen molar-refractivity contribution in [1.82, 2.24) is 15.5 Å². The summed E-state index contributed by atoms with van der Waals surface area (Å²) >= 11 is 0. The van der Waals surface area contributed by atoms with Gasteiger partial charge in [-0.05, 0) is 17.7 Å². The second-order valence-electron chi connectivity index (χ2n) is 5.09. The maximum atomic E-state index is 13.5. The number of nitrogens with one attached hydrogen (secondary N) is 2. The highest BCUT2D eigenvalue weighted by molar-refractivity contribution is 5.84. The smallest absolute Gasteiger partial charge is 0.272 e. The number of hydrogen-bond donors (Lipinski definition) is 2. The zero-order valence-electron chi connectivity index (χ0n) is 12.2. The predicted molar refractivity (Wildman–Crippen MR) is 84.3 cm³/mol. The molecule has 1 amide bonds. The van der Waals surface area contributed by atoms with Gasteiger partial charge in [-0.2, -0.15) is 5.10 Å². The van der Waals surface area contributed by atoms with E-state index in [1.807, 2.05) is 0 Å². The van der Waals surface area contributed by atoms with Gasteiger partial charge in [-0.1, -0.05) is 36.4 Å². The molecule has 0 aliphatic heterocycles. The van der Waals surface area contributed by atoms with E-state index in [1.165, 1.54) is 6.07 Å². The van der Waals surface area contributed by atoms with E-state index in [1.54, 1.807) is 42.5 Å². The van der Waals surface area contributed by atoms with Gasteiger partial charge in [0, 0.05) is 5.39 Å². The quantitative estimate of drug-likeness (QED) is 0.773. The summed E-state index contributed by atoms with van der Waals surface area (Å²) in [6.45, 7) is 0.157. The van der Waals surface area contributed by atoms with E-state index >= 15 is 0 Å². The fourth-order valence-corrected chi connectivity index (χ4v) is 2.37. The van der Waals surface area contributed by atoms with E-state index in [4.69, 9.17) is 0 Å². The SMILES string of the molecule is O=C(Cc1ccccc1F)NCc1n[nH]c(=O)c2ccccc12. The van der Waals surface area contributed by atoms with Gasteiger partial charge in [0.1, 0.15) is 5.82 Å². The van der Waals surface area contributed by atoms with E-state index < -0.39 is 5.82 Å². The highest BCUT2D eigenvalue weighted by atomic mass is 19.1. The minimum atomic E-state index is -0.407. The van der Waals surface area contributed by atoms with Crippen molar-refractivity contribution in [2.24, 2.45) is 0 Å². The summed E-state index contributed by atoms with van der Waals surface area (Å²) in [7, 11) is 0. The number of rotatable bonds is 4. The Hall–Kier alpha value is -3.02. The molecular weight excluding hydrogens is 297 g/mol. The van der Waals surface area contributed by atoms with Gasteiger partial charge in [0.05, 0.1) is 24.0 Å². The lowest BCUT2D eigenvalue weighted by atomic mass is 10.1. The maximum Gasteiger partial charge on any atom is 0.272 e. The lowest BCUT2D eigenvalue weighted by Crippen LogP contribution is -2.26. The van der Waals surface area contributed by atoms with Crippen LogP contribution in [0.4, 0.5) is 4.39 Å². The summed E-state index contributed by atoms with van der Waals surface area (Å²) in [6, 6.07) is 13.2. The van der Waals surface area contributed by atoms with Crippen LogP contribution < -0.4 is 10.9 Å². The van der Waals surface area contributed by atoms with Crippen LogP contribution in [0.15, 0.2) is 53.3 Å². The van der Waals surface area contributed by atoms with Crippen molar-refractivity contribution in [2.45, 2.75) is 13.0 Å². The number of aromatic amines is 1. The Morgan fingerprint density at radius 3 is 2.57 bits per heavy atom. The summed E-state index contributed by atoms with van der Waals surface area (Å²) in [5, 5.41) is 10.3. The first kappa shape index (κ1) is 14.9. The first-order valence-corrected chi connectivity index (χ1v) is 7.11. The Balaban J connectivity index is 1.74. The molecule has 2 N–H and O–H groups in total. The van der Waals surface area contributed by atoms with Gasteiger partial charge in [-0.3, -0.25) is 9.59 Å². The fourth-order valence-electron chi connectivity index (χ4n) is 2.37. The first-order chi connectivity index (χ1) is 11.1. The standard InChI is InChI=1S/C17H14FN3O2/c18-14-8-4-1-5-11(14)9-16(22)19-10-15-12-6-2-3-7-13(12)17(23)21-20-15/h1-8H,9-10H2,(H,19,22)(H,21,23). The van der Waals surface area contributed by atoms with Gasteiger partial charge in [0.15, 0.2) is 0 Å². The number of hydrogen-bond acceptors (Lipinski definition) is 3. The Morgan fingerprint density at radius 1 is 1.09 bits per heavy atom. The van der Waals surface area contributed by atoms with Gasteiger partial charge < -0.3 is 5.32 Å². The molecular formula is C17H14FN3O2. The minimum Gasteiger partial charge on any atom is -0.350 e. The van der Waals surface area contributed by atoms with E-state index in [-0.39, 0.29) is 24.4 Å². The van der Waals surface area contributed by atoms with Crippen molar-refractivity contribution in [3.63, 3.8) is 0 Å². The van der Waals surface area contributed by atoms with E-state index in [0.29, 0.717) is 22.0 Å². The molecule has 6 heteroatoms. The summed E-state index contributed by atoms with van der Waals surface area (Å²) in [6.07, 6.45) is -0.0477. The summed E-state index contributed by atoms with van der Waals surface area (Å²) in [5.74, 6) is -0.720. The molecule has 116 valence electrons. The molecule has 3 aromatic rings. The zero-order chi connectivity index (χ0) is 16.2. The second-order valence-corrected chi connectivity index (χ2v) is 5.09. The average molecular weight is 311 g/mol. The molecule has 0 radical (unpaired) electrons. The van der Waals surface area contributed by atoms with Crippen molar-refractivity contribution in [1.29, 1.82) is 0 Å². The largest absolute Gasteiger partial charge is 0.350 e. The van der Waals surface area contributed by atoms with Crippen LogP contribution in [0.3, 0.4) is 0 Å². The molecule has 2 aromatic carbocycles. The average Bonchev–Trinajstić information content (AvgIpc) is 2.57. The lowest BCUT2D eigenvalue weighted by Gasteiger charge is -2.07. The second kappa shape index (κ2) is 6.39. The van der Waals surface area contributed by atoms with Crippen LogP contribution in [0, 0.1) is 5.82 Å². The number of amides is 1. The molecule has 0 saturated heterocycles. The van der Waals surface area contributed by atoms with Crippen LogP contribution >= 0.6 is 0 Å². The fraction of sp³-hybridized carbons (Fsp3) is 0.118. The molecule has 23 heavy (non-hydrogen) atoms. The van der Waals surface area contributed by atoms with Crippen molar-refractivity contribution in [3.8, 4) is 0 Å². The van der Waals surface area contributed by atoms with E-state index in [0.717, 1.165) is 0 Å². The third-order valence-electron chi connectivity index (χ3n) is 3.54. The third-order valence-corrected chi connectivity index (χ3v) is 3.54. The number of aromatic nitrogens is 2. The molecule has 0 spiro atoms. The number of benzene rings is 2. The molecule has 0 fully saturated rings.